The first-order valence-corrected chi connectivity index (χ1v) is 5.08. The van der Waals surface area contributed by atoms with Crippen molar-refractivity contribution in [3.63, 3.8) is 0 Å². The van der Waals surface area contributed by atoms with Crippen molar-refractivity contribution in [2.45, 2.75) is 64.6 Å². The predicted molar refractivity (Wildman–Crippen MR) is 52.4 cm³/mol. The van der Waals surface area contributed by atoms with Crippen molar-refractivity contribution in [3.05, 3.63) is 0 Å². The van der Waals surface area contributed by atoms with E-state index in [-0.39, 0.29) is 5.41 Å². The van der Waals surface area contributed by atoms with Crippen LogP contribution in [0, 0.1) is 5.41 Å². The molecule has 1 saturated carbocycles. The molecule has 1 nitrogen and oxygen atoms in total. The van der Waals surface area contributed by atoms with Crippen LogP contribution >= 0.6 is 0 Å². The van der Waals surface area contributed by atoms with E-state index in [1.807, 2.05) is 20.8 Å². The van der Waals surface area contributed by atoms with Crippen molar-refractivity contribution in [2.75, 3.05) is 0 Å². The van der Waals surface area contributed by atoms with Gasteiger partial charge in [0.15, 0.2) is 0 Å². The van der Waals surface area contributed by atoms with Gasteiger partial charge in [0, 0.05) is 0 Å². The third-order valence-electron chi connectivity index (χ3n) is 3.52. The van der Waals surface area contributed by atoms with Crippen LogP contribution in [0.15, 0.2) is 0 Å². The molecule has 0 aromatic carbocycles. The van der Waals surface area contributed by atoms with Crippen LogP contribution in [-0.4, -0.2) is 16.4 Å². The van der Waals surface area contributed by atoms with Gasteiger partial charge in [-0.3, -0.25) is 0 Å². The van der Waals surface area contributed by atoms with Crippen molar-refractivity contribution in [1.82, 2.24) is 0 Å². The Morgan fingerprint density at radius 3 is 1.77 bits per heavy atom. The Kier molecular flexibility index (Phi) is 2.48. The largest absolute Gasteiger partial charge is 0.389 e. The normalized spacial score (nSPS) is 42.0. The maximum Gasteiger partial charge on any atom is 0.108 e. The monoisotopic (exact) mass is 188 g/mol. The van der Waals surface area contributed by atoms with E-state index in [1.165, 1.54) is 0 Å². The van der Waals surface area contributed by atoms with Gasteiger partial charge in [0.1, 0.15) is 5.67 Å². The van der Waals surface area contributed by atoms with E-state index in [2.05, 4.69) is 0 Å². The smallest absolute Gasteiger partial charge is 0.108 e. The summed E-state index contributed by atoms with van der Waals surface area (Å²) in [6.45, 7) is 7.70. The molecule has 0 amide bonds. The van der Waals surface area contributed by atoms with Crippen LogP contribution in [0.4, 0.5) is 4.39 Å². The summed E-state index contributed by atoms with van der Waals surface area (Å²) < 4.78 is 13.5. The number of alkyl halides is 1. The fraction of sp³-hybridized carbons (Fsp3) is 1.00. The Morgan fingerprint density at radius 1 is 1.08 bits per heavy atom. The van der Waals surface area contributed by atoms with Crippen LogP contribution in [0.5, 0.6) is 0 Å². The molecule has 0 heterocycles. The van der Waals surface area contributed by atoms with E-state index in [9.17, 15) is 9.50 Å². The van der Waals surface area contributed by atoms with Gasteiger partial charge in [-0.1, -0.05) is 20.8 Å². The Morgan fingerprint density at radius 2 is 1.46 bits per heavy atom. The molecule has 0 atom stereocenters. The van der Waals surface area contributed by atoms with Crippen LogP contribution in [0.2, 0.25) is 0 Å². The predicted octanol–water partition coefficient (Wildman–Crippen LogP) is 3.07. The molecule has 0 unspecified atom stereocenters. The zero-order valence-electron chi connectivity index (χ0n) is 9.15. The summed E-state index contributed by atoms with van der Waals surface area (Å²) >= 11 is 0. The minimum atomic E-state index is -1.06. The van der Waals surface area contributed by atoms with Crippen LogP contribution in [0.1, 0.15) is 53.4 Å². The summed E-state index contributed by atoms with van der Waals surface area (Å²) in [5.41, 5.74) is -1.86. The summed E-state index contributed by atoms with van der Waals surface area (Å²) in [4.78, 5) is 0. The third-order valence-corrected chi connectivity index (χ3v) is 3.52. The van der Waals surface area contributed by atoms with Crippen LogP contribution in [0.25, 0.3) is 0 Å². The SMILES string of the molecule is CC1(F)CCC(O)(C(C)(C)C)CC1. The summed E-state index contributed by atoms with van der Waals surface area (Å²) in [5, 5.41) is 10.3. The molecule has 78 valence electrons. The number of hydrogen-bond donors (Lipinski definition) is 1. The number of hydrogen-bond acceptors (Lipinski definition) is 1. The molecule has 2 heteroatoms. The highest BCUT2D eigenvalue weighted by Crippen LogP contribution is 2.45. The fourth-order valence-corrected chi connectivity index (χ4v) is 1.93. The Bertz CT molecular complexity index is 181. The molecule has 1 aliphatic carbocycles. The van der Waals surface area contributed by atoms with E-state index in [0.717, 1.165) is 0 Å². The second kappa shape index (κ2) is 2.94. The molecule has 0 radical (unpaired) electrons. The van der Waals surface area contributed by atoms with E-state index >= 15 is 0 Å². The van der Waals surface area contributed by atoms with Crippen molar-refractivity contribution >= 4 is 0 Å². The highest BCUT2D eigenvalue weighted by molar-refractivity contribution is 4.97. The van der Waals surface area contributed by atoms with Crippen molar-refractivity contribution < 1.29 is 9.50 Å². The first-order chi connectivity index (χ1) is 5.66. The minimum Gasteiger partial charge on any atom is -0.389 e. The Labute approximate surface area is 80.3 Å². The molecular weight excluding hydrogens is 167 g/mol. The van der Waals surface area contributed by atoms with Crippen LogP contribution in [-0.2, 0) is 0 Å². The molecule has 0 bridgehead atoms. The van der Waals surface area contributed by atoms with Crippen molar-refractivity contribution in [1.29, 1.82) is 0 Å². The van der Waals surface area contributed by atoms with Gasteiger partial charge in [-0.2, -0.15) is 0 Å². The first kappa shape index (κ1) is 11.0. The average molecular weight is 188 g/mol. The molecular formula is C11H21FO. The Balaban J connectivity index is 2.68. The molecule has 1 N–H and O–H groups in total. The van der Waals surface area contributed by atoms with Gasteiger partial charge >= 0.3 is 0 Å². The molecule has 0 aromatic rings. The number of halogens is 1. The standard InChI is InChI=1S/C11H21FO/c1-9(2,3)11(13)7-5-10(4,12)6-8-11/h13H,5-8H2,1-4H3. The van der Waals surface area contributed by atoms with E-state index in [4.69, 9.17) is 0 Å². The second-order valence-corrected chi connectivity index (χ2v) is 5.69. The van der Waals surface area contributed by atoms with E-state index in [0.29, 0.717) is 25.7 Å². The lowest BCUT2D eigenvalue weighted by Crippen LogP contribution is -2.48. The number of aliphatic hydroxyl groups is 1. The molecule has 0 aromatic heterocycles. The highest BCUT2D eigenvalue weighted by Gasteiger charge is 2.45. The molecule has 1 fully saturated rings. The summed E-state index contributed by atoms with van der Waals surface area (Å²) in [7, 11) is 0. The van der Waals surface area contributed by atoms with Gasteiger partial charge in [0.2, 0.25) is 0 Å². The molecule has 1 rings (SSSR count). The Hall–Kier alpha value is -0.110. The minimum absolute atomic E-state index is 0.135. The number of rotatable bonds is 0. The van der Waals surface area contributed by atoms with E-state index in [1.54, 1.807) is 6.92 Å². The maximum atomic E-state index is 13.5. The van der Waals surface area contributed by atoms with Crippen molar-refractivity contribution in [3.8, 4) is 0 Å². The van der Waals surface area contributed by atoms with Gasteiger partial charge in [-0.25, -0.2) is 4.39 Å². The maximum absolute atomic E-state index is 13.5. The van der Waals surface area contributed by atoms with Gasteiger partial charge in [-0.15, -0.1) is 0 Å². The van der Waals surface area contributed by atoms with Gasteiger partial charge in [0.25, 0.3) is 0 Å². The fourth-order valence-electron chi connectivity index (χ4n) is 1.93. The average Bonchev–Trinajstić information content (AvgIpc) is 1.94. The van der Waals surface area contributed by atoms with Gasteiger partial charge in [0.05, 0.1) is 5.60 Å². The van der Waals surface area contributed by atoms with Crippen molar-refractivity contribution in [2.24, 2.45) is 5.41 Å². The molecule has 1 aliphatic rings. The molecule has 0 spiro atoms. The van der Waals surface area contributed by atoms with Gasteiger partial charge < -0.3 is 5.11 Å². The highest BCUT2D eigenvalue weighted by atomic mass is 19.1. The van der Waals surface area contributed by atoms with Gasteiger partial charge in [-0.05, 0) is 38.0 Å². The summed E-state index contributed by atoms with van der Waals surface area (Å²) in [5.74, 6) is 0. The molecule has 0 saturated heterocycles. The summed E-state index contributed by atoms with van der Waals surface area (Å²) in [6.07, 6.45) is 2.15. The first-order valence-electron chi connectivity index (χ1n) is 5.08. The third kappa shape index (κ3) is 2.22. The summed E-state index contributed by atoms with van der Waals surface area (Å²) in [6, 6.07) is 0. The zero-order chi connectivity index (χ0) is 10.3. The zero-order valence-corrected chi connectivity index (χ0v) is 9.15. The van der Waals surface area contributed by atoms with E-state index < -0.39 is 11.3 Å². The quantitative estimate of drug-likeness (QED) is 0.619. The second-order valence-electron chi connectivity index (χ2n) is 5.69. The lowest BCUT2D eigenvalue weighted by Gasteiger charge is -2.46. The molecule has 0 aliphatic heterocycles. The topological polar surface area (TPSA) is 20.2 Å². The lowest BCUT2D eigenvalue weighted by molar-refractivity contribution is -0.109. The molecule has 13 heavy (non-hydrogen) atoms. The van der Waals surface area contributed by atoms with Crippen LogP contribution in [0.3, 0.4) is 0 Å². The lowest BCUT2D eigenvalue weighted by atomic mass is 9.66. The van der Waals surface area contributed by atoms with Crippen LogP contribution < -0.4 is 0 Å².